The second-order valence-electron chi connectivity index (χ2n) is 3.21. The third-order valence-electron chi connectivity index (χ3n) is 2.08. The fraction of sp³-hybridized carbons (Fsp3) is 0.500. The van der Waals surface area contributed by atoms with E-state index >= 15 is 0 Å². The van der Waals surface area contributed by atoms with Gasteiger partial charge in [0, 0.05) is 22.0 Å². The molecule has 0 spiro atoms. The van der Waals surface area contributed by atoms with Crippen molar-refractivity contribution in [1.29, 1.82) is 0 Å². The van der Waals surface area contributed by atoms with Crippen LogP contribution in [-0.4, -0.2) is 16.3 Å². The van der Waals surface area contributed by atoms with Gasteiger partial charge in [-0.2, -0.15) is 0 Å². The predicted octanol–water partition coefficient (Wildman–Crippen LogP) is 3.06. The Kier molecular flexibility index (Phi) is 4.92. The molecule has 2 nitrogen and oxygen atoms in total. The van der Waals surface area contributed by atoms with E-state index in [1.807, 2.05) is 18.3 Å². The highest BCUT2D eigenvalue weighted by Gasteiger charge is 2.12. The molecule has 0 saturated heterocycles. The van der Waals surface area contributed by atoms with Crippen LogP contribution in [0.4, 0.5) is 0 Å². The van der Waals surface area contributed by atoms with Crippen LogP contribution < -0.4 is 5.73 Å². The number of nitrogens with two attached hydrogens (primary N) is 1. The number of nitrogens with zero attached hydrogens (tertiary/aromatic N) is 1. The van der Waals surface area contributed by atoms with E-state index in [4.69, 9.17) is 5.73 Å². The molecule has 0 aliphatic heterocycles. The number of aromatic nitrogens is 1. The molecule has 14 heavy (non-hydrogen) atoms. The maximum Gasteiger partial charge on any atom is 0.0963 e. The summed E-state index contributed by atoms with van der Waals surface area (Å²) in [6, 6.07) is 4.25. The number of hydrogen-bond donors (Lipinski definition) is 1. The molecule has 0 radical (unpaired) electrons. The van der Waals surface area contributed by atoms with Gasteiger partial charge < -0.3 is 5.73 Å². The molecule has 0 amide bonds. The number of thioether (sulfide) groups is 1. The molecule has 0 fully saturated rings. The van der Waals surface area contributed by atoms with Crippen LogP contribution in [0.25, 0.3) is 0 Å². The number of halogens is 1. The number of pyridine rings is 1. The lowest BCUT2D eigenvalue weighted by molar-refractivity contribution is 0.642. The Morgan fingerprint density at radius 2 is 2.29 bits per heavy atom. The lowest BCUT2D eigenvalue weighted by Crippen LogP contribution is -2.29. The van der Waals surface area contributed by atoms with Crippen molar-refractivity contribution in [2.75, 3.05) is 0 Å². The van der Waals surface area contributed by atoms with E-state index in [-0.39, 0.29) is 6.04 Å². The summed E-state index contributed by atoms with van der Waals surface area (Å²) in [6.45, 7) is 4.25. The largest absolute Gasteiger partial charge is 0.327 e. The molecule has 1 aromatic heterocycles. The third-order valence-corrected chi connectivity index (χ3v) is 3.75. The van der Waals surface area contributed by atoms with Crippen LogP contribution in [0.15, 0.2) is 27.8 Å². The normalized spacial score (nSPS) is 15.1. The molecule has 0 saturated carbocycles. The van der Waals surface area contributed by atoms with E-state index in [9.17, 15) is 0 Å². The average molecular weight is 275 g/mol. The van der Waals surface area contributed by atoms with Gasteiger partial charge >= 0.3 is 0 Å². The molecule has 1 heterocycles. The molecule has 78 valence electrons. The fourth-order valence-electron chi connectivity index (χ4n) is 1.04. The van der Waals surface area contributed by atoms with Crippen LogP contribution in [0, 0.1) is 0 Å². The van der Waals surface area contributed by atoms with Gasteiger partial charge in [0.05, 0.1) is 5.03 Å². The maximum atomic E-state index is 5.94. The van der Waals surface area contributed by atoms with E-state index in [1.165, 1.54) is 0 Å². The van der Waals surface area contributed by atoms with E-state index in [2.05, 4.69) is 34.8 Å². The van der Waals surface area contributed by atoms with E-state index in [1.54, 1.807) is 11.8 Å². The van der Waals surface area contributed by atoms with Gasteiger partial charge in [-0.1, -0.05) is 13.8 Å². The standard InChI is InChI=1S/C10H15BrN2S/c1-3-9(12)7(2)14-10-5-4-8(11)6-13-10/h4-7,9H,3,12H2,1-2H3. The molecule has 0 aliphatic carbocycles. The highest BCUT2D eigenvalue weighted by atomic mass is 79.9. The summed E-state index contributed by atoms with van der Waals surface area (Å²) in [7, 11) is 0. The van der Waals surface area contributed by atoms with Crippen molar-refractivity contribution >= 4 is 27.7 Å². The average Bonchev–Trinajstić information content (AvgIpc) is 2.20. The first-order chi connectivity index (χ1) is 6.63. The molecular formula is C10H15BrN2S. The van der Waals surface area contributed by atoms with Crippen molar-refractivity contribution < 1.29 is 0 Å². The minimum absolute atomic E-state index is 0.241. The molecule has 2 unspecified atom stereocenters. The van der Waals surface area contributed by atoms with Crippen molar-refractivity contribution in [2.45, 2.75) is 36.6 Å². The van der Waals surface area contributed by atoms with E-state index in [0.717, 1.165) is 15.9 Å². The molecule has 0 aliphatic rings. The molecule has 1 aromatic rings. The molecular weight excluding hydrogens is 260 g/mol. The molecule has 1 rings (SSSR count). The minimum atomic E-state index is 0.241. The van der Waals surface area contributed by atoms with Crippen LogP contribution in [0.3, 0.4) is 0 Å². The smallest absolute Gasteiger partial charge is 0.0963 e. The lowest BCUT2D eigenvalue weighted by atomic mass is 10.2. The Balaban J connectivity index is 2.56. The van der Waals surface area contributed by atoms with Gasteiger partial charge in [-0.15, -0.1) is 11.8 Å². The predicted molar refractivity (Wildman–Crippen MR) is 65.5 cm³/mol. The first-order valence-electron chi connectivity index (χ1n) is 4.67. The zero-order valence-corrected chi connectivity index (χ0v) is 10.8. The molecule has 2 atom stereocenters. The lowest BCUT2D eigenvalue weighted by Gasteiger charge is -2.16. The Labute approximate surface area is 97.8 Å². The summed E-state index contributed by atoms with van der Waals surface area (Å²) in [5.41, 5.74) is 5.94. The highest BCUT2D eigenvalue weighted by Crippen LogP contribution is 2.24. The van der Waals surface area contributed by atoms with Crippen molar-refractivity contribution in [3.8, 4) is 0 Å². The topological polar surface area (TPSA) is 38.9 Å². The third kappa shape index (κ3) is 3.59. The van der Waals surface area contributed by atoms with Crippen LogP contribution in [0.1, 0.15) is 20.3 Å². The van der Waals surface area contributed by atoms with Gasteiger partial charge in [0.15, 0.2) is 0 Å². The summed E-state index contributed by atoms with van der Waals surface area (Å²) >= 11 is 5.09. The van der Waals surface area contributed by atoms with Crippen LogP contribution in [0.5, 0.6) is 0 Å². The zero-order chi connectivity index (χ0) is 10.6. The Morgan fingerprint density at radius 1 is 1.57 bits per heavy atom. The second kappa shape index (κ2) is 5.73. The van der Waals surface area contributed by atoms with Crippen molar-refractivity contribution in [2.24, 2.45) is 5.73 Å². The van der Waals surface area contributed by atoms with Gasteiger partial charge in [0.1, 0.15) is 0 Å². The zero-order valence-electron chi connectivity index (χ0n) is 8.40. The van der Waals surface area contributed by atoms with Crippen LogP contribution >= 0.6 is 27.7 Å². The Bertz CT molecular complexity index is 276. The van der Waals surface area contributed by atoms with Gasteiger partial charge in [0.25, 0.3) is 0 Å². The first-order valence-corrected chi connectivity index (χ1v) is 6.34. The van der Waals surface area contributed by atoms with Gasteiger partial charge in [0.2, 0.25) is 0 Å². The maximum absolute atomic E-state index is 5.94. The highest BCUT2D eigenvalue weighted by molar-refractivity contribution is 9.10. The van der Waals surface area contributed by atoms with Gasteiger partial charge in [-0.3, -0.25) is 0 Å². The monoisotopic (exact) mass is 274 g/mol. The second-order valence-corrected chi connectivity index (χ2v) is 5.52. The number of hydrogen-bond acceptors (Lipinski definition) is 3. The van der Waals surface area contributed by atoms with Crippen LogP contribution in [-0.2, 0) is 0 Å². The molecule has 4 heteroatoms. The summed E-state index contributed by atoms with van der Waals surface area (Å²) < 4.78 is 1.01. The summed E-state index contributed by atoms with van der Waals surface area (Å²) in [6.07, 6.45) is 2.82. The van der Waals surface area contributed by atoms with Gasteiger partial charge in [-0.05, 0) is 34.5 Å². The quantitative estimate of drug-likeness (QED) is 0.858. The van der Waals surface area contributed by atoms with Crippen molar-refractivity contribution in [1.82, 2.24) is 4.98 Å². The summed E-state index contributed by atoms with van der Waals surface area (Å²) in [5, 5.41) is 1.44. The SMILES string of the molecule is CCC(N)C(C)Sc1ccc(Br)cn1. The Hall–Kier alpha value is -0.0600. The van der Waals surface area contributed by atoms with Crippen molar-refractivity contribution in [3.05, 3.63) is 22.8 Å². The Morgan fingerprint density at radius 3 is 2.79 bits per heavy atom. The molecule has 0 bridgehead atoms. The van der Waals surface area contributed by atoms with Gasteiger partial charge in [-0.25, -0.2) is 4.98 Å². The first kappa shape index (κ1) is 12.0. The fourth-order valence-corrected chi connectivity index (χ4v) is 2.28. The molecule has 0 aromatic carbocycles. The van der Waals surface area contributed by atoms with E-state index < -0.39 is 0 Å². The summed E-state index contributed by atoms with van der Waals surface area (Å²) in [5.74, 6) is 0. The van der Waals surface area contributed by atoms with E-state index in [0.29, 0.717) is 5.25 Å². The molecule has 2 N–H and O–H groups in total. The minimum Gasteiger partial charge on any atom is -0.327 e. The van der Waals surface area contributed by atoms with Crippen LogP contribution in [0.2, 0.25) is 0 Å². The van der Waals surface area contributed by atoms with Crippen molar-refractivity contribution in [3.63, 3.8) is 0 Å². The summed E-state index contributed by atoms with van der Waals surface area (Å²) in [4.78, 5) is 4.30. The number of rotatable bonds is 4.